The van der Waals surface area contributed by atoms with Crippen LogP contribution < -0.4 is 5.73 Å². The summed E-state index contributed by atoms with van der Waals surface area (Å²) in [5, 5.41) is 0. The van der Waals surface area contributed by atoms with Gasteiger partial charge in [0, 0.05) is 40.5 Å². The molecule has 1 unspecified atom stereocenters. The Balaban J connectivity index is 2.08. The lowest BCUT2D eigenvalue weighted by atomic mass is 10.2. The monoisotopic (exact) mass is 249 g/mol. The predicted molar refractivity (Wildman–Crippen MR) is 72.5 cm³/mol. The van der Waals surface area contributed by atoms with E-state index in [0.717, 1.165) is 12.8 Å². The number of nitrogens with two attached hydrogens (primary N) is 1. The smallest absolute Gasteiger partial charge is 0.0950 e. The van der Waals surface area contributed by atoms with Gasteiger partial charge in [-0.3, -0.25) is 0 Å². The van der Waals surface area contributed by atoms with E-state index in [0.29, 0.717) is 12.6 Å². The molecular weight excluding hydrogens is 230 g/mol. The van der Waals surface area contributed by atoms with Crippen LogP contribution in [-0.4, -0.2) is 16.1 Å². The van der Waals surface area contributed by atoms with Gasteiger partial charge in [-0.1, -0.05) is 0 Å². The molecule has 4 heteroatoms. The minimum absolute atomic E-state index is 0.442. The molecular formula is C13H19N3S. The van der Waals surface area contributed by atoms with E-state index in [1.807, 2.05) is 23.9 Å². The molecule has 0 radical (unpaired) electrons. The lowest BCUT2D eigenvalue weighted by Crippen LogP contribution is -2.13. The maximum absolute atomic E-state index is 5.61. The zero-order valence-electron chi connectivity index (χ0n) is 10.4. The van der Waals surface area contributed by atoms with Crippen LogP contribution in [0.3, 0.4) is 0 Å². The number of aryl methyl sites for hydroxylation is 1. The van der Waals surface area contributed by atoms with Crippen LogP contribution >= 0.6 is 11.3 Å². The number of thiophene rings is 1. The maximum Gasteiger partial charge on any atom is 0.0950 e. The second-order valence-corrected chi connectivity index (χ2v) is 5.77. The Kier molecular flexibility index (Phi) is 3.97. The third-order valence-corrected chi connectivity index (χ3v) is 3.94. The number of hydrogen-bond donors (Lipinski definition) is 1. The number of nitrogens with zero attached hydrogens (tertiary/aromatic N) is 2. The molecule has 0 aliphatic heterocycles. The second-order valence-electron chi connectivity index (χ2n) is 4.40. The van der Waals surface area contributed by atoms with Gasteiger partial charge in [0.2, 0.25) is 0 Å². The average molecular weight is 249 g/mol. The van der Waals surface area contributed by atoms with Gasteiger partial charge in [-0.2, -0.15) is 0 Å². The summed E-state index contributed by atoms with van der Waals surface area (Å²) in [5.74, 6) is 0. The molecule has 2 aromatic rings. The van der Waals surface area contributed by atoms with Crippen molar-refractivity contribution in [2.75, 3.05) is 6.54 Å². The lowest BCUT2D eigenvalue weighted by molar-refractivity contribution is 0.528. The molecule has 2 rings (SSSR count). The summed E-state index contributed by atoms with van der Waals surface area (Å²) < 4.78 is 2.24. The van der Waals surface area contributed by atoms with E-state index in [1.165, 1.54) is 15.4 Å². The van der Waals surface area contributed by atoms with Crippen LogP contribution in [0.15, 0.2) is 24.7 Å². The van der Waals surface area contributed by atoms with E-state index in [1.54, 1.807) is 0 Å². The van der Waals surface area contributed by atoms with Crippen LogP contribution in [-0.2, 0) is 12.8 Å². The van der Waals surface area contributed by atoms with E-state index < -0.39 is 0 Å². The molecule has 17 heavy (non-hydrogen) atoms. The third-order valence-electron chi connectivity index (χ3n) is 2.91. The van der Waals surface area contributed by atoms with Gasteiger partial charge >= 0.3 is 0 Å². The van der Waals surface area contributed by atoms with Crippen LogP contribution in [0.2, 0.25) is 0 Å². The highest BCUT2D eigenvalue weighted by molar-refractivity contribution is 7.11. The standard InChI is InChI=1S/C13H19N3S/c1-10(7-13-4-3-11(2)17-13)16-9-15-8-12(16)5-6-14/h3-4,8-10H,5-7,14H2,1-2H3. The van der Waals surface area contributed by atoms with Gasteiger partial charge in [0.25, 0.3) is 0 Å². The Morgan fingerprint density at radius 2 is 2.29 bits per heavy atom. The molecule has 0 spiro atoms. The number of imidazole rings is 1. The Morgan fingerprint density at radius 1 is 1.47 bits per heavy atom. The first-order valence-corrected chi connectivity index (χ1v) is 6.78. The fourth-order valence-electron chi connectivity index (χ4n) is 2.05. The quantitative estimate of drug-likeness (QED) is 0.885. The molecule has 0 aliphatic rings. The molecule has 0 fully saturated rings. The van der Waals surface area contributed by atoms with Crippen molar-refractivity contribution in [1.82, 2.24) is 9.55 Å². The van der Waals surface area contributed by atoms with Crippen molar-refractivity contribution in [3.8, 4) is 0 Å². The van der Waals surface area contributed by atoms with Gasteiger partial charge in [-0.05, 0) is 32.5 Å². The van der Waals surface area contributed by atoms with Crippen molar-refractivity contribution in [2.45, 2.75) is 32.7 Å². The second kappa shape index (κ2) is 5.47. The van der Waals surface area contributed by atoms with Crippen molar-refractivity contribution in [2.24, 2.45) is 5.73 Å². The fraction of sp³-hybridized carbons (Fsp3) is 0.462. The normalized spacial score (nSPS) is 12.9. The zero-order chi connectivity index (χ0) is 12.3. The molecule has 1 atom stereocenters. The summed E-state index contributed by atoms with van der Waals surface area (Å²) in [4.78, 5) is 7.03. The Morgan fingerprint density at radius 3 is 2.94 bits per heavy atom. The van der Waals surface area contributed by atoms with E-state index in [2.05, 4.69) is 35.5 Å². The summed E-state index contributed by atoms with van der Waals surface area (Å²) in [6.45, 7) is 5.06. The summed E-state index contributed by atoms with van der Waals surface area (Å²) in [6, 6.07) is 4.84. The Bertz CT molecular complexity index is 472. The van der Waals surface area contributed by atoms with E-state index in [-0.39, 0.29) is 0 Å². The first-order chi connectivity index (χ1) is 8.20. The first kappa shape index (κ1) is 12.3. The molecule has 0 saturated heterocycles. The highest BCUT2D eigenvalue weighted by Crippen LogP contribution is 2.22. The first-order valence-electron chi connectivity index (χ1n) is 5.96. The van der Waals surface area contributed by atoms with Crippen molar-refractivity contribution in [3.63, 3.8) is 0 Å². The van der Waals surface area contributed by atoms with Crippen LogP contribution in [0.1, 0.15) is 28.4 Å². The highest BCUT2D eigenvalue weighted by Gasteiger charge is 2.10. The van der Waals surface area contributed by atoms with E-state index in [4.69, 9.17) is 5.73 Å². The molecule has 3 nitrogen and oxygen atoms in total. The molecule has 2 aromatic heterocycles. The minimum Gasteiger partial charge on any atom is -0.331 e. The predicted octanol–water partition coefficient (Wildman–Crippen LogP) is 2.56. The van der Waals surface area contributed by atoms with Crippen molar-refractivity contribution in [3.05, 3.63) is 40.1 Å². The number of aromatic nitrogens is 2. The van der Waals surface area contributed by atoms with Crippen LogP contribution in [0, 0.1) is 6.92 Å². The lowest BCUT2D eigenvalue weighted by Gasteiger charge is -2.15. The molecule has 0 aliphatic carbocycles. The SMILES string of the molecule is Cc1ccc(CC(C)n2cncc2CCN)s1. The van der Waals surface area contributed by atoms with Gasteiger partial charge in [0.15, 0.2) is 0 Å². The Hall–Kier alpha value is -1.13. The summed E-state index contributed by atoms with van der Waals surface area (Å²) in [6.07, 6.45) is 5.79. The third kappa shape index (κ3) is 2.96. The minimum atomic E-state index is 0.442. The molecule has 2 N–H and O–H groups in total. The highest BCUT2D eigenvalue weighted by atomic mass is 32.1. The van der Waals surface area contributed by atoms with Crippen LogP contribution in [0.25, 0.3) is 0 Å². The molecule has 0 aromatic carbocycles. The molecule has 0 amide bonds. The van der Waals surface area contributed by atoms with Crippen molar-refractivity contribution >= 4 is 11.3 Å². The van der Waals surface area contributed by atoms with E-state index >= 15 is 0 Å². The van der Waals surface area contributed by atoms with Gasteiger partial charge in [-0.25, -0.2) is 4.98 Å². The summed E-state index contributed by atoms with van der Waals surface area (Å²) in [5.41, 5.74) is 6.84. The topological polar surface area (TPSA) is 43.8 Å². The zero-order valence-corrected chi connectivity index (χ0v) is 11.2. The van der Waals surface area contributed by atoms with Crippen molar-refractivity contribution in [1.29, 1.82) is 0 Å². The number of rotatable bonds is 5. The van der Waals surface area contributed by atoms with Gasteiger partial charge in [0.05, 0.1) is 6.33 Å². The van der Waals surface area contributed by atoms with Gasteiger partial charge in [0.1, 0.15) is 0 Å². The van der Waals surface area contributed by atoms with Crippen LogP contribution in [0.5, 0.6) is 0 Å². The van der Waals surface area contributed by atoms with Gasteiger partial charge in [-0.15, -0.1) is 11.3 Å². The summed E-state index contributed by atoms with van der Waals surface area (Å²) >= 11 is 1.87. The largest absolute Gasteiger partial charge is 0.331 e. The molecule has 2 heterocycles. The van der Waals surface area contributed by atoms with E-state index in [9.17, 15) is 0 Å². The van der Waals surface area contributed by atoms with Crippen molar-refractivity contribution < 1.29 is 0 Å². The van der Waals surface area contributed by atoms with Gasteiger partial charge < -0.3 is 10.3 Å². The summed E-state index contributed by atoms with van der Waals surface area (Å²) in [7, 11) is 0. The molecule has 92 valence electrons. The maximum atomic E-state index is 5.61. The van der Waals surface area contributed by atoms with Crippen LogP contribution in [0.4, 0.5) is 0 Å². The Labute approximate surface area is 106 Å². The fourth-order valence-corrected chi connectivity index (χ4v) is 3.07. The molecule has 0 saturated carbocycles. The molecule has 0 bridgehead atoms. The average Bonchev–Trinajstić information content (AvgIpc) is 2.88. The number of hydrogen-bond acceptors (Lipinski definition) is 3.